The highest BCUT2D eigenvalue weighted by atomic mass is 127. The van der Waals surface area contributed by atoms with Crippen LogP contribution in [0.15, 0.2) is 23.2 Å². The number of rotatable bonds is 7. The van der Waals surface area contributed by atoms with E-state index in [1.807, 2.05) is 20.8 Å². The van der Waals surface area contributed by atoms with Crippen molar-refractivity contribution in [1.82, 2.24) is 0 Å². The summed E-state index contributed by atoms with van der Waals surface area (Å²) in [6, 6.07) is 6.41. The Morgan fingerprint density at radius 1 is 1.19 bits per heavy atom. The van der Waals surface area contributed by atoms with Crippen LogP contribution in [0, 0.1) is 0 Å². The molecule has 1 aliphatic rings. The maximum atomic E-state index is 11.6. The number of aryl methyl sites for hydroxylation is 2. The lowest BCUT2D eigenvalue weighted by Crippen LogP contribution is -2.23. The molecule has 0 aromatic heterocycles. The van der Waals surface area contributed by atoms with E-state index in [0.29, 0.717) is 18.9 Å². The second-order valence-electron chi connectivity index (χ2n) is 7.63. The number of carbonyl (C=O) groups is 1. The summed E-state index contributed by atoms with van der Waals surface area (Å²) in [6.45, 7) is 6.32. The molecule has 5 nitrogen and oxygen atoms in total. The number of nitrogens with two attached hydrogens (primary N) is 1. The molecule has 2 rings (SSSR count). The number of fused-ring (bicyclic) bond motifs is 1. The zero-order valence-corrected chi connectivity index (χ0v) is 18.5. The number of aliphatic imine (C=N–C) groups is 1. The van der Waals surface area contributed by atoms with Gasteiger partial charge in [-0.2, -0.15) is 0 Å². The van der Waals surface area contributed by atoms with Crippen LogP contribution in [0.1, 0.15) is 64.0 Å². The fourth-order valence-corrected chi connectivity index (χ4v) is 2.99. The predicted octanol–water partition coefficient (Wildman–Crippen LogP) is 4.42. The molecule has 6 heteroatoms. The molecule has 3 N–H and O–H groups in total. The normalized spacial score (nSPS) is 13.7. The summed E-state index contributed by atoms with van der Waals surface area (Å²) in [4.78, 5) is 16.0. The summed E-state index contributed by atoms with van der Waals surface area (Å²) in [7, 11) is 0. The van der Waals surface area contributed by atoms with Gasteiger partial charge in [0, 0.05) is 18.7 Å². The van der Waals surface area contributed by atoms with Crippen LogP contribution in [0.25, 0.3) is 0 Å². The van der Waals surface area contributed by atoms with Crippen LogP contribution in [0.2, 0.25) is 0 Å². The minimum Gasteiger partial charge on any atom is -0.460 e. The number of halogens is 1. The SMILES string of the molecule is CC(C)(C)OC(=O)CCCCCN=C(N)Nc1ccc2c(c1)CCC2.I. The second kappa shape index (κ2) is 10.7. The fourth-order valence-electron chi connectivity index (χ4n) is 2.99. The van der Waals surface area contributed by atoms with Crippen molar-refractivity contribution in [2.45, 2.75) is 71.3 Å². The van der Waals surface area contributed by atoms with Crippen molar-refractivity contribution in [2.24, 2.45) is 10.7 Å². The Hall–Kier alpha value is -1.31. The molecule has 0 unspecified atom stereocenters. The second-order valence-corrected chi connectivity index (χ2v) is 7.63. The molecule has 146 valence electrons. The van der Waals surface area contributed by atoms with Crippen LogP contribution < -0.4 is 11.1 Å². The number of guanidine groups is 1. The van der Waals surface area contributed by atoms with E-state index in [1.54, 1.807) is 0 Å². The van der Waals surface area contributed by atoms with Crippen molar-refractivity contribution >= 4 is 41.6 Å². The van der Waals surface area contributed by atoms with Crippen molar-refractivity contribution in [3.63, 3.8) is 0 Å². The molecule has 0 spiro atoms. The van der Waals surface area contributed by atoms with E-state index >= 15 is 0 Å². The van der Waals surface area contributed by atoms with E-state index in [-0.39, 0.29) is 29.9 Å². The van der Waals surface area contributed by atoms with E-state index < -0.39 is 5.60 Å². The van der Waals surface area contributed by atoms with E-state index in [1.165, 1.54) is 24.0 Å². The number of benzene rings is 1. The number of hydrogen-bond acceptors (Lipinski definition) is 3. The van der Waals surface area contributed by atoms with Gasteiger partial charge < -0.3 is 15.8 Å². The average Bonchev–Trinajstić information content (AvgIpc) is 2.96. The first-order valence-corrected chi connectivity index (χ1v) is 9.24. The summed E-state index contributed by atoms with van der Waals surface area (Å²) in [6.07, 6.45) is 6.71. The number of nitrogens with zero attached hydrogens (tertiary/aromatic N) is 1. The largest absolute Gasteiger partial charge is 0.460 e. The minimum absolute atomic E-state index is 0. The lowest BCUT2D eigenvalue weighted by Gasteiger charge is -2.19. The quantitative estimate of drug-likeness (QED) is 0.202. The first-order chi connectivity index (χ1) is 11.8. The molecule has 0 saturated heterocycles. The Morgan fingerprint density at radius 3 is 2.65 bits per heavy atom. The van der Waals surface area contributed by atoms with Crippen molar-refractivity contribution in [3.8, 4) is 0 Å². The summed E-state index contributed by atoms with van der Waals surface area (Å²) in [5.74, 6) is 0.318. The molecular weight excluding hydrogens is 441 g/mol. The summed E-state index contributed by atoms with van der Waals surface area (Å²) in [5, 5.41) is 3.16. The van der Waals surface area contributed by atoms with E-state index in [0.717, 1.165) is 31.4 Å². The van der Waals surface area contributed by atoms with E-state index in [4.69, 9.17) is 10.5 Å². The van der Waals surface area contributed by atoms with Gasteiger partial charge >= 0.3 is 5.97 Å². The van der Waals surface area contributed by atoms with Crippen LogP contribution in [0.5, 0.6) is 0 Å². The summed E-state index contributed by atoms with van der Waals surface area (Å²) in [5.41, 5.74) is 9.42. The van der Waals surface area contributed by atoms with Gasteiger partial charge in [-0.15, -0.1) is 24.0 Å². The number of nitrogens with one attached hydrogen (secondary N) is 1. The Morgan fingerprint density at radius 2 is 1.92 bits per heavy atom. The van der Waals surface area contributed by atoms with E-state index in [9.17, 15) is 4.79 Å². The fraction of sp³-hybridized carbons (Fsp3) is 0.600. The maximum absolute atomic E-state index is 11.6. The molecule has 0 aliphatic heterocycles. The summed E-state index contributed by atoms with van der Waals surface area (Å²) >= 11 is 0. The van der Waals surface area contributed by atoms with Gasteiger partial charge in [-0.05, 0) is 76.1 Å². The molecule has 0 atom stereocenters. The van der Waals surface area contributed by atoms with Gasteiger partial charge in [-0.25, -0.2) is 0 Å². The van der Waals surface area contributed by atoms with Crippen molar-refractivity contribution in [3.05, 3.63) is 29.3 Å². The van der Waals surface area contributed by atoms with Gasteiger partial charge in [-0.3, -0.25) is 9.79 Å². The molecular formula is C20H32IN3O2. The minimum atomic E-state index is -0.404. The highest BCUT2D eigenvalue weighted by Crippen LogP contribution is 2.24. The molecule has 0 saturated carbocycles. The molecule has 26 heavy (non-hydrogen) atoms. The number of unbranched alkanes of at least 4 members (excludes halogenated alkanes) is 2. The third-order valence-corrected chi connectivity index (χ3v) is 4.11. The average molecular weight is 473 g/mol. The lowest BCUT2D eigenvalue weighted by molar-refractivity contribution is -0.154. The van der Waals surface area contributed by atoms with Gasteiger partial charge in [0.1, 0.15) is 5.60 Å². The highest BCUT2D eigenvalue weighted by Gasteiger charge is 2.15. The third-order valence-electron chi connectivity index (χ3n) is 4.11. The van der Waals surface area contributed by atoms with Gasteiger partial charge in [0.2, 0.25) is 0 Å². The van der Waals surface area contributed by atoms with Crippen LogP contribution >= 0.6 is 24.0 Å². The molecule has 0 heterocycles. The van der Waals surface area contributed by atoms with Gasteiger partial charge in [0.15, 0.2) is 5.96 Å². The molecule has 0 fully saturated rings. The van der Waals surface area contributed by atoms with Crippen LogP contribution in [-0.4, -0.2) is 24.1 Å². The Kier molecular flexibility index (Phi) is 9.39. The predicted molar refractivity (Wildman–Crippen MR) is 118 cm³/mol. The van der Waals surface area contributed by atoms with Crippen molar-refractivity contribution in [1.29, 1.82) is 0 Å². The van der Waals surface area contributed by atoms with Gasteiger partial charge in [0.25, 0.3) is 0 Å². The molecule has 0 bridgehead atoms. The third kappa shape index (κ3) is 8.38. The maximum Gasteiger partial charge on any atom is 0.306 e. The zero-order valence-electron chi connectivity index (χ0n) is 16.1. The zero-order chi connectivity index (χ0) is 18.3. The topological polar surface area (TPSA) is 76.7 Å². The van der Waals surface area contributed by atoms with Crippen LogP contribution in [0.3, 0.4) is 0 Å². The number of ether oxygens (including phenoxy) is 1. The number of anilines is 1. The van der Waals surface area contributed by atoms with Gasteiger partial charge in [0.05, 0.1) is 0 Å². The Balaban J connectivity index is 0.00000338. The standard InChI is InChI=1S/C20H31N3O2.HI/c1-20(2,3)25-18(24)10-5-4-6-13-22-19(21)23-17-12-11-15-8-7-9-16(15)14-17;/h11-12,14H,4-10,13H2,1-3H3,(H3,21,22,23);1H. The smallest absolute Gasteiger partial charge is 0.306 e. The van der Waals surface area contributed by atoms with Crippen molar-refractivity contribution < 1.29 is 9.53 Å². The molecule has 1 aromatic carbocycles. The monoisotopic (exact) mass is 473 g/mol. The number of esters is 1. The van der Waals surface area contributed by atoms with E-state index in [2.05, 4.69) is 28.5 Å². The lowest BCUT2D eigenvalue weighted by atomic mass is 10.1. The highest BCUT2D eigenvalue weighted by molar-refractivity contribution is 14.0. The first kappa shape index (κ1) is 22.7. The number of hydrogen-bond donors (Lipinski definition) is 2. The van der Waals surface area contributed by atoms with Crippen LogP contribution in [0.4, 0.5) is 5.69 Å². The first-order valence-electron chi connectivity index (χ1n) is 9.24. The summed E-state index contributed by atoms with van der Waals surface area (Å²) < 4.78 is 5.28. The van der Waals surface area contributed by atoms with Crippen LogP contribution in [-0.2, 0) is 22.4 Å². The molecule has 0 amide bonds. The molecule has 1 aromatic rings. The number of carbonyl (C=O) groups excluding carboxylic acids is 1. The Labute approximate surface area is 174 Å². The molecule has 0 radical (unpaired) electrons. The van der Waals surface area contributed by atoms with Gasteiger partial charge in [-0.1, -0.05) is 12.5 Å². The molecule has 1 aliphatic carbocycles. The van der Waals surface area contributed by atoms with Crippen molar-refractivity contribution in [2.75, 3.05) is 11.9 Å². The Bertz CT molecular complexity index is 624.